The molecule has 29 heavy (non-hydrogen) atoms. The average molecular weight is 394 g/mol. The third-order valence-corrected chi connectivity index (χ3v) is 4.66. The molecule has 3 aromatic rings. The molecular formula is C23H17F3N2O. The molecule has 3 nitrogen and oxygen atoms in total. The van der Waals surface area contributed by atoms with Gasteiger partial charge in [-0.1, -0.05) is 60.7 Å². The summed E-state index contributed by atoms with van der Waals surface area (Å²) in [5.74, 6) is -0.795. The van der Waals surface area contributed by atoms with Crippen LogP contribution in [0.15, 0.2) is 84.9 Å². The molecule has 1 N–H and O–H groups in total. The Morgan fingerprint density at radius 2 is 1.34 bits per heavy atom. The molecule has 0 spiro atoms. The first-order chi connectivity index (χ1) is 13.8. The quantitative estimate of drug-likeness (QED) is 0.627. The number of hydrogen-bond donors (Lipinski definition) is 1. The maximum atomic E-state index is 13.7. The van der Waals surface area contributed by atoms with Crippen molar-refractivity contribution in [2.75, 3.05) is 5.32 Å². The molecule has 0 aliphatic heterocycles. The number of alkyl halides is 3. The monoisotopic (exact) mass is 394 g/mol. The molecule has 0 heterocycles. The number of halogens is 3. The molecule has 3 aromatic carbocycles. The number of benzene rings is 3. The molecule has 1 amide bonds. The zero-order chi connectivity index (χ0) is 20.9. The van der Waals surface area contributed by atoms with Gasteiger partial charge in [-0.3, -0.25) is 4.79 Å². The minimum Gasteiger partial charge on any atom is -0.325 e. The van der Waals surface area contributed by atoms with Gasteiger partial charge in [0.15, 0.2) is 0 Å². The van der Waals surface area contributed by atoms with Crippen LogP contribution in [0.1, 0.15) is 23.1 Å². The highest BCUT2D eigenvalue weighted by Gasteiger charge is 2.50. The van der Waals surface area contributed by atoms with Crippen LogP contribution in [0.25, 0.3) is 0 Å². The summed E-state index contributed by atoms with van der Waals surface area (Å²) < 4.78 is 41.2. The number of amides is 1. The second kappa shape index (κ2) is 8.19. The molecule has 0 aromatic heterocycles. The van der Waals surface area contributed by atoms with Crippen molar-refractivity contribution < 1.29 is 18.0 Å². The number of anilines is 1. The molecule has 3 rings (SSSR count). The van der Waals surface area contributed by atoms with E-state index in [0.717, 1.165) is 0 Å². The predicted octanol–water partition coefficient (Wildman–Crippen LogP) is 5.44. The summed E-state index contributed by atoms with van der Waals surface area (Å²) in [5, 5.41) is 11.7. The van der Waals surface area contributed by atoms with Crippen LogP contribution >= 0.6 is 0 Å². The molecule has 0 radical (unpaired) electrons. The van der Waals surface area contributed by atoms with Gasteiger partial charge in [0, 0.05) is 5.69 Å². The van der Waals surface area contributed by atoms with E-state index in [4.69, 9.17) is 5.26 Å². The first-order valence-corrected chi connectivity index (χ1v) is 8.84. The number of nitriles is 1. The fourth-order valence-corrected chi connectivity index (χ4v) is 3.33. The normalized spacial score (nSPS) is 13.2. The van der Waals surface area contributed by atoms with E-state index in [2.05, 4.69) is 5.32 Å². The van der Waals surface area contributed by atoms with Crippen molar-refractivity contribution in [3.8, 4) is 6.07 Å². The first-order valence-electron chi connectivity index (χ1n) is 8.84. The Balaban J connectivity index is 2.21. The standard InChI is InChI=1S/C23H17F3N2O/c24-23(25,26)16-22(18-7-3-1-4-8-18,19-13-11-17(15-27)12-14-19)21(29)28-20-9-5-2-6-10-20/h1-14H,16H2,(H,28,29)/t22-/m0/s1. The first kappa shape index (κ1) is 20.2. The van der Waals surface area contributed by atoms with Crippen molar-refractivity contribution in [3.05, 3.63) is 102 Å². The van der Waals surface area contributed by atoms with Crippen LogP contribution < -0.4 is 5.32 Å². The van der Waals surface area contributed by atoms with E-state index in [-0.39, 0.29) is 11.1 Å². The number of nitrogens with one attached hydrogen (secondary N) is 1. The second-order valence-electron chi connectivity index (χ2n) is 6.57. The number of carbonyl (C=O) groups excluding carboxylic acids is 1. The fraction of sp³-hybridized carbons (Fsp3) is 0.130. The van der Waals surface area contributed by atoms with Crippen molar-refractivity contribution in [2.24, 2.45) is 0 Å². The molecular weight excluding hydrogens is 377 g/mol. The van der Waals surface area contributed by atoms with E-state index in [9.17, 15) is 18.0 Å². The van der Waals surface area contributed by atoms with E-state index in [1.165, 1.54) is 36.4 Å². The molecule has 0 saturated heterocycles. The number of para-hydroxylation sites is 1. The predicted molar refractivity (Wildman–Crippen MR) is 104 cm³/mol. The highest BCUT2D eigenvalue weighted by Crippen LogP contribution is 2.43. The Morgan fingerprint density at radius 3 is 1.86 bits per heavy atom. The lowest BCUT2D eigenvalue weighted by molar-refractivity contribution is -0.153. The van der Waals surface area contributed by atoms with Crippen LogP contribution in [0.2, 0.25) is 0 Å². The van der Waals surface area contributed by atoms with Crippen LogP contribution in [0.4, 0.5) is 18.9 Å². The average Bonchev–Trinajstić information content (AvgIpc) is 2.73. The maximum Gasteiger partial charge on any atom is 0.390 e. The topological polar surface area (TPSA) is 52.9 Å². The fourth-order valence-electron chi connectivity index (χ4n) is 3.33. The summed E-state index contributed by atoms with van der Waals surface area (Å²) in [5.41, 5.74) is -0.938. The molecule has 6 heteroatoms. The summed E-state index contributed by atoms with van der Waals surface area (Å²) in [6.07, 6.45) is -5.99. The lowest BCUT2D eigenvalue weighted by Crippen LogP contribution is -2.45. The lowest BCUT2D eigenvalue weighted by atomic mass is 9.70. The minimum absolute atomic E-state index is 0.161. The Hall–Kier alpha value is -3.59. The smallest absolute Gasteiger partial charge is 0.325 e. The van der Waals surface area contributed by atoms with E-state index in [1.54, 1.807) is 48.5 Å². The number of nitrogens with zero attached hydrogens (tertiary/aromatic N) is 1. The molecule has 0 saturated carbocycles. The van der Waals surface area contributed by atoms with Gasteiger partial charge in [-0.2, -0.15) is 18.4 Å². The van der Waals surface area contributed by atoms with Crippen molar-refractivity contribution in [2.45, 2.75) is 18.0 Å². The Kier molecular flexibility index (Phi) is 5.69. The van der Waals surface area contributed by atoms with Crippen molar-refractivity contribution in [1.29, 1.82) is 5.26 Å². The molecule has 0 aliphatic rings. The summed E-state index contributed by atoms with van der Waals surface area (Å²) in [4.78, 5) is 13.4. The van der Waals surface area contributed by atoms with Gasteiger partial charge in [0.05, 0.1) is 18.1 Å². The van der Waals surface area contributed by atoms with Gasteiger partial charge < -0.3 is 5.32 Å². The highest BCUT2D eigenvalue weighted by molar-refractivity contribution is 6.02. The van der Waals surface area contributed by atoms with Crippen LogP contribution in [0, 0.1) is 11.3 Å². The van der Waals surface area contributed by atoms with Crippen LogP contribution in [-0.2, 0) is 10.2 Å². The number of hydrogen-bond acceptors (Lipinski definition) is 2. The minimum atomic E-state index is -4.61. The number of carbonyl (C=O) groups is 1. The van der Waals surface area contributed by atoms with E-state index >= 15 is 0 Å². The summed E-state index contributed by atoms with van der Waals surface area (Å²) in [7, 11) is 0. The lowest BCUT2D eigenvalue weighted by Gasteiger charge is -2.34. The van der Waals surface area contributed by atoms with Crippen molar-refractivity contribution in [3.63, 3.8) is 0 Å². The van der Waals surface area contributed by atoms with Gasteiger partial charge in [-0.05, 0) is 35.4 Å². The van der Waals surface area contributed by atoms with Crippen LogP contribution in [0.5, 0.6) is 0 Å². The SMILES string of the molecule is N#Cc1ccc([C@@](CC(F)(F)F)(C(=O)Nc2ccccc2)c2ccccc2)cc1. The third-order valence-electron chi connectivity index (χ3n) is 4.66. The van der Waals surface area contributed by atoms with Gasteiger partial charge in [0.2, 0.25) is 5.91 Å². The molecule has 146 valence electrons. The van der Waals surface area contributed by atoms with Crippen LogP contribution in [-0.4, -0.2) is 12.1 Å². The highest BCUT2D eigenvalue weighted by atomic mass is 19.4. The Morgan fingerprint density at radius 1 is 0.828 bits per heavy atom. The van der Waals surface area contributed by atoms with Gasteiger partial charge in [-0.15, -0.1) is 0 Å². The second-order valence-corrected chi connectivity index (χ2v) is 6.57. The van der Waals surface area contributed by atoms with Crippen LogP contribution in [0.3, 0.4) is 0 Å². The Bertz CT molecular complexity index is 1010. The van der Waals surface area contributed by atoms with E-state index in [1.807, 2.05) is 6.07 Å². The van der Waals surface area contributed by atoms with Gasteiger partial charge in [-0.25, -0.2) is 0 Å². The molecule has 0 aliphatic carbocycles. The Labute approximate surface area is 166 Å². The molecule has 0 bridgehead atoms. The van der Waals surface area contributed by atoms with Gasteiger partial charge in [0.25, 0.3) is 0 Å². The van der Waals surface area contributed by atoms with E-state index in [0.29, 0.717) is 11.3 Å². The van der Waals surface area contributed by atoms with Crippen molar-refractivity contribution >= 4 is 11.6 Å². The maximum absolute atomic E-state index is 13.7. The molecule has 0 unspecified atom stereocenters. The number of rotatable bonds is 5. The molecule has 0 fully saturated rings. The van der Waals surface area contributed by atoms with Crippen molar-refractivity contribution in [1.82, 2.24) is 0 Å². The third kappa shape index (κ3) is 4.46. The van der Waals surface area contributed by atoms with Gasteiger partial charge >= 0.3 is 6.18 Å². The van der Waals surface area contributed by atoms with Gasteiger partial charge in [0.1, 0.15) is 5.41 Å². The van der Waals surface area contributed by atoms with E-state index < -0.39 is 23.9 Å². The molecule has 1 atom stereocenters. The summed E-state index contributed by atoms with van der Waals surface area (Å²) >= 11 is 0. The largest absolute Gasteiger partial charge is 0.390 e. The summed E-state index contributed by atoms with van der Waals surface area (Å²) in [6.45, 7) is 0. The zero-order valence-electron chi connectivity index (χ0n) is 15.3. The summed E-state index contributed by atoms with van der Waals surface area (Å²) in [6, 6.07) is 23.8. The zero-order valence-corrected chi connectivity index (χ0v) is 15.3.